The summed E-state index contributed by atoms with van der Waals surface area (Å²) in [4.78, 5) is 10.4. The normalized spacial score (nSPS) is 14.9. The largest absolute Gasteiger partial charge is 0.480 e. The molecule has 4 N–H and O–H groups in total. The quantitative estimate of drug-likeness (QED) is 0.619. The summed E-state index contributed by atoms with van der Waals surface area (Å²) in [6.07, 6.45) is -1.15. The maximum Gasteiger partial charge on any atom is 0.323 e. The van der Waals surface area contributed by atoms with Crippen molar-refractivity contribution in [3.05, 3.63) is 35.9 Å². The summed E-state index contributed by atoms with van der Waals surface area (Å²) < 4.78 is 0. The van der Waals surface area contributed by atoms with Crippen LogP contribution in [0.2, 0.25) is 0 Å². The minimum Gasteiger partial charge on any atom is -0.480 e. The number of benzene rings is 1. The van der Waals surface area contributed by atoms with Gasteiger partial charge in [0.05, 0.1) is 0 Å². The first-order chi connectivity index (χ1) is 6.13. The average Bonchev–Trinajstić information content (AvgIpc) is 2.17. The van der Waals surface area contributed by atoms with Gasteiger partial charge in [0.1, 0.15) is 12.1 Å². The molecule has 0 aromatic heterocycles. The molecule has 1 aromatic rings. The van der Waals surface area contributed by atoms with Crippen LogP contribution in [0.4, 0.5) is 0 Å². The maximum atomic E-state index is 10.4. The molecular formula is C9H11NO3. The van der Waals surface area contributed by atoms with E-state index in [2.05, 4.69) is 0 Å². The van der Waals surface area contributed by atoms with Gasteiger partial charge >= 0.3 is 5.97 Å². The first-order valence-electron chi connectivity index (χ1n) is 3.84. The molecule has 0 heterocycles. The van der Waals surface area contributed by atoms with Gasteiger partial charge in [-0.25, -0.2) is 0 Å². The van der Waals surface area contributed by atoms with Crippen LogP contribution in [0.25, 0.3) is 0 Å². The van der Waals surface area contributed by atoms with E-state index in [1.807, 2.05) is 0 Å². The van der Waals surface area contributed by atoms with Crippen LogP contribution in [-0.4, -0.2) is 22.2 Å². The first kappa shape index (κ1) is 9.70. The molecule has 0 fully saturated rings. The van der Waals surface area contributed by atoms with E-state index in [0.29, 0.717) is 5.56 Å². The molecule has 1 rings (SSSR count). The van der Waals surface area contributed by atoms with Gasteiger partial charge in [0, 0.05) is 0 Å². The molecule has 4 heteroatoms. The summed E-state index contributed by atoms with van der Waals surface area (Å²) in [5.74, 6) is -1.21. The molecule has 0 bridgehead atoms. The van der Waals surface area contributed by atoms with E-state index in [-0.39, 0.29) is 0 Å². The Morgan fingerprint density at radius 2 is 1.85 bits per heavy atom. The third-order valence-corrected chi connectivity index (χ3v) is 1.77. The van der Waals surface area contributed by atoms with Crippen molar-refractivity contribution in [3.8, 4) is 0 Å². The van der Waals surface area contributed by atoms with Gasteiger partial charge in [0.25, 0.3) is 0 Å². The predicted molar refractivity (Wildman–Crippen MR) is 47.0 cm³/mol. The Kier molecular flexibility index (Phi) is 3.00. The van der Waals surface area contributed by atoms with Crippen LogP contribution in [-0.2, 0) is 4.79 Å². The highest BCUT2D eigenvalue weighted by Gasteiger charge is 2.22. The molecule has 70 valence electrons. The van der Waals surface area contributed by atoms with Crippen LogP contribution in [0.1, 0.15) is 11.7 Å². The highest BCUT2D eigenvalue weighted by atomic mass is 16.4. The van der Waals surface area contributed by atoms with E-state index in [0.717, 1.165) is 0 Å². The molecule has 0 saturated carbocycles. The van der Waals surface area contributed by atoms with Crippen molar-refractivity contribution in [2.75, 3.05) is 0 Å². The number of aliphatic carboxylic acids is 1. The number of carbonyl (C=O) groups is 1. The Morgan fingerprint density at radius 3 is 2.31 bits per heavy atom. The lowest BCUT2D eigenvalue weighted by Gasteiger charge is -2.14. The molecule has 0 unspecified atom stereocenters. The van der Waals surface area contributed by atoms with E-state index in [9.17, 15) is 9.90 Å². The van der Waals surface area contributed by atoms with Gasteiger partial charge in [-0.2, -0.15) is 0 Å². The van der Waals surface area contributed by atoms with Gasteiger partial charge in [0.15, 0.2) is 0 Å². The minimum absolute atomic E-state index is 0.511. The van der Waals surface area contributed by atoms with Gasteiger partial charge in [-0.3, -0.25) is 4.79 Å². The number of hydrogen-bond acceptors (Lipinski definition) is 3. The molecule has 0 amide bonds. The summed E-state index contributed by atoms with van der Waals surface area (Å²) in [6.45, 7) is 0. The highest BCUT2D eigenvalue weighted by molar-refractivity contribution is 5.74. The molecule has 4 nitrogen and oxygen atoms in total. The Labute approximate surface area is 75.6 Å². The Balaban J connectivity index is 2.79. The Hall–Kier alpha value is -1.39. The second-order valence-electron chi connectivity index (χ2n) is 2.72. The number of rotatable bonds is 3. The molecule has 2 atom stereocenters. The second-order valence-corrected chi connectivity index (χ2v) is 2.72. The molecule has 0 radical (unpaired) electrons. The minimum atomic E-state index is -1.28. The van der Waals surface area contributed by atoms with Crippen LogP contribution >= 0.6 is 0 Å². The summed E-state index contributed by atoms with van der Waals surface area (Å²) in [5.41, 5.74) is 5.75. The second kappa shape index (κ2) is 4.02. The van der Waals surface area contributed by atoms with Crippen molar-refractivity contribution < 1.29 is 15.0 Å². The zero-order valence-corrected chi connectivity index (χ0v) is 6.92. The van der Waals surface area contributed by atoms with Crippen molar-refractivity contribution in [1.29, 1.82) is 0 Å². The monoisotopic (exact) mass is 181 g/mol. The number of carboxylic acids is 1. The van der Waals surface area contributed by atoms with Gasteiger partial charge in [-0.05, 0) is 5.56 Å². The zero-order chi connectivity index (χ0) is 9.84. The summed E-state index contributed by atoms with van der Waals surface area (Å²) in [6, 6.07) is 7.20. The molecular weight excluding hydrogens is 170 g/mol. The van der Waals surface area contributed by atoms with Crippen LogP contribution < -0.4 is 5.73 Å². The SMILES string of the molecule is N[C@@H](C(=O)O)[C@H](O)c1ccccc1. The van der Waals surface area contributed by atoms with Crippen molar-refractivity contribution >= 4 is 5.97 Å². The average molecular weight is 181 g/mol. The fourth-order valence-electron chi connectivity index (χ4n) is 0.993. The van der Waals surface area contributed by atoms with Crippen LogP contribution in [0.3, 0.4) is 0 Å². The topological polar surface area (TPSA) is 83.6 Å². The first-order valence-corrected chi connectivity index (χ1v) is 3.84. The van der Waals surface area contributed by atoms with Gasteiger partial charge in [-0.15, -0.1) is 0 Å². The molecule has 0 spiro atoms. The Morgan fingerprint density at radius 1 is 1.31 bits per heavy atom. The lowest BCUT2D eigenvalue weighted by atomic mass is 10.0. The van der Waals surface area contributed by atoms with E-state index in [4.69, 9.17) is 10.8 Å². The molecule has 0 aliphatic carbocycles. The van der Waals surface area contributed by atoms with Crippen LogP contribution in [0.15, 0.2) is 30.3 Å². The third-order valence-electron chi connectivity index (χ3n) is 1.77. The van der Waals surface area contributed by atoms with Gasteiger partial charge < -0.3 is 15.9 Å². The Bertz CT molecular complexity index is 286. The third kappa shape index (κ3) is 2.27. The lowest BCUT2D eigenvalue weighted by molar-refractivity contribution is -0.141. The number of nitrogens with two attached hydrogens (primary N) is 1. The maximum absolute atomic E-state index is 10.4. The number of carboxylic acid groups (broad SMARTS) is 1. The van der Waals surface area contributed by atoms with Crippen molar-refractivity contribution in [3.63, 3.8) is 0 Å². The van der Waals surface area contributed by atoms with Gasteiger partial charge in [0.2, 0.25) is 0 Å². The van der Waals surface area contributed by atoms with E-state index in [1.54, 1.807) is 30.3 Å². The van der Waals surface area contributed by atoms with E-state index < -0.39 is 18.1 Å². The molecule has 0 aliphatic rings. The molecule has 1 aromatic carbocycles. The number of aliphatic hydroxyl groups excluding tert-OH is 1. The van der Waals surface area contributed by atoms with E-state index in [1.165, 1.54) is 0 Å². The van der Waals surface area contributed by atoms with Crippen molar-refractivity contribution in [2.45, 2.75) is 12.1 Å². The van der Waals surface area contributed by atoms with Crippen LogP contribution in [0.5, 0.6) is 0 Å². The molecule has 13 heavy (non-hydrogen) atoms. The summed E-state index contributed by atoms with van der Waals surface area (Å²) in [7, 11) is 0. The lowest BCUT2D eigenvalue weighted by Crippen LogP contribution is -2.36. The van der Waals surface area contributed by atoms with Crippen molar-refractivity contribution in [1.82, 2.24) is 0 Å². The van der Waals surface area contributed by atoms with Gasteiger partial charge in [-0.1, -0.05) is 30.3 Å². The molecule has 0 saturated heterocycles. The van der Waals surface area contributed by atoms with E-state index >= 15 is 0 Å². The predicted octanol–water partition coefficient (Wildman–Crippen LogP) is 0.132. The smallest absolute Gasteiger partial charge is 0.323 e. The summed E-state index contributed by atoms with van der Waals surface area (Å²) in [5, 5.41) is 18.0. The number of aliphatic hydroxyl groups is 1. The zero-order valence-electron chi connectivity index (χ0n) is 6.92. The fourth-order valence-corrected chi connectivity index (χ4v) is 0.993. The fraction of sp³-hybridized carbons (Fsp3) is 0.222. The van der Waals surface area contributed by atoms with Crippen LogP contribution in [0, 0.1) is 0 Å². The number of hydrogen-bond donors (Lipinski definition) is 3. The standard InChI is InChI=1S/C9H11NO3/c10-7(9(12)13)8(11)6-4-2-1-3-5-6/h1-5,7-8,11H,10H2,(H,12,13)/t7-,8-/m1/s1. The van der Waals surface area contributed by atoms with Crippen molar-refractivity contribution in [2.24, 2.45) is 5.73 Å². The molecule has 0 aliphatic heterocycles. The highest BCUT2D eigenvalue weighted by Crippen LogP contribution is 2.14. The summed E-state index contributed by atoms with van der Waals surface area (Å²) >= 11 is 0.